The summed E-state index contributed by atoms with van der Waals surface area (Å²) in [6.45, 7) is 20.9. The molecule has 0 spiro atoms. The summed E-state index contributed by atoms with van der Waals surface area (Å²) < 4.78 is 29.5. The Morgan fingerprint density at radius 3 is 1.56 bits per heavy atom. The van der Waals surface area contributed by atoms with Crippen LogP contribution in [0, 0.1) is 17.8 Å². The minimum Gasteiger partial charge on any atom is -0.465 e. The third-order valence-corrected chi connectivity index (χ3v) is 11.8. The Morgan fingerprint density at radius 2 is 1.03 bits per heavy atom. The maximum absolute atomic E-state index is 13.1. The fourth-order valence-corrected chi connectivity index (χ4v) is 7.25. The first-order valence-electron chi connectivity index (χ1n) is 25.5. The number of carbonyl (C=O) groups excluding carboxylic acids is 3. The lowest BCUT2D eigenvalue weighted by molar-refractivity contribution is -0.163. The van der Waals surface area contributed by atoms with E-state index in [2.05, 4.69) is 102 Å². The second-order valence-electron chi connectivity index (χ2n) is 19.0. The number of allylic oxidation sites excluding steroid dienone is 8. The number of unbranched alkanes of at least 4 members (excludes halogenated alkanes) is 8. The van der Waals surface area contributed by atoms with Gasteiger partial charge >= 0.3 is 17.9 Å². The standard InChI is InChI=1S/C54H96N2O8/c1-9-10-11-12-13-14-15-16-17-18-19-20-21-22-23-30-51(57)62-43-50(45-64-53(59)33-36-56-39-37-55(8)38-40-56)44-63-52(58)31-32-54(60-41-34-48(6)28-24-26-46(2)3)61-42-35-49(7)29-25-27-47(4)5/h13-14,16-17,26-27,48-50,54H,9-12,15,18-25,28-45H2,1-8H3/b14-13-,17-16-. The lowest BCUT2D eigenvalue weighted by atomic mass is 10.0. The number of nitrogens with zero attached hydrogens (tertiary/aromatic N) is 2. The number of esters is 3. The Labute approximate surface area is 392 Å². The van der Waals surface area contributed by atoms with Gasteiger partial charge in [0.15, 0.2) is 6.29 Å². The second kappa shape index (κ2) is 40.5. The molecular formula is C54H96N2O8. The van der Waals surface area contributed by atoms with E-state index in [1.165, 1.54) is 36.8 Å². The van der Waals surface area contributed by atoms with Gasteiger partial charge in [-0.25, -0.2) is 0 Å². The van der Waals surface area contributed by atoms with Crippen molar-refractivity contribution in [2.45, 2.75) is 190 Å². The third-order valence-electron chi connectivity index (χ3n) is 11.8. The molecule has 0 N–H and O–H groups in total. The SMILES string of the molecule is CCCCC/C=C\C/C=C\CCCCCCCC(=O)OCC(COC(=O)CCC(OCCC(C)CCC=C(C)C)OCCC(C)CCC=C(C)C)COC(=O)CCN1CCN(C)CC1. The van der Waals surface area contributed by atoms with Gasteiger partial charge in [0.05, 0.1) is 18.8 Å². The van der Waals surface area contributed by atoms with Crippen LogP contribution in [0.5, 0.6) is 0 Å². The van der Waals surface area contributed by atoms with E-state index < -0.39 is 12.2 Å². The molecule has 0 aromatic rings. The van der Waals surface area contributed by atoms with Crippen molar-refractivity contribution < 1.29 is 38.1 Å². The summed E-state index contributed by atoms with van der Waals surface area (Å²) in [4.78, 5) is 43.2. The zero-order valence-corrected chi connectivity index (χ0v) is 42.4. The Balaban J connectivity index is 2.63. The van der Waals surface area contributed by atoms with Gasteiger partial charge in [-0.2, -0.15) is 0 Å². The van der Waals surface area contributed by atoms with E-state index in [9.17, 15) is 14.4 Å². The largest absolute Gasteiger partial charge is 0.465 e. The molecule has 10 heteroatoms. The zero-order chi connectivity index (χ0) is 47.0. The minimum absolute atomic E-state index is 0.0122. The summed E-state index contributed by atoms with van der Waals surface area (Å²) >= 11 is 0. The fraction of sp³-hybridized carbons (Fsp3) is 0.796. The third kappa shape index (κ3) is 37.4. The van der Waals surface area contributed by atoms with Crippen LogP contribution in [0.15, 0.2) is 47.6 Å². The molecule has 64 heavy (non-hydrogen) atoms. The van der Waals surface area contributed by atoms with E-state index in [-0.39, 0.29) is 50.6 Å². The first-order chi connectivity index (χ1) is 30.9. The predicted octanol–water partition coefficient (Wildman–Crippen LogP) is 12.4. The Hall–Kier alpha value is -2.79. The van der Waals surface area contributed by atoms with E-state index in [1.54, 1.807) is 0 Å². The molecule has 1 saturated heterocycles. The molecule has 3 atom stereocenters. The van der Waals surface area contributed by atoms with Crippen molar-refractivity contribution in [3.63, 3.8) is 0 Å². The number of hydrogen-bond donors (Lipinski definition) is 0. The predicted molar refractivity (Wildman–Crippen MR) is 264 cm³/mol. The highest BCUT2D eigenvalue weighted by Gasteiger charge is 2.21. The van der Waals surface area contributed by atoms with Crippen LogP contribution in [0.2, 0.25) is 0 Å². The van der Waals surface area contributed by atoms with Crippen LogP contribution in [0.4, 0.5) is 0 Å². The number of rotatable bonds is 40. The monoisotopic (exact) mass is 901 g/mol. The van der Waals surface area contributed by atoms with E-state index >= 15 is 0 Å². The molecule has 0 aromatic carbocycles. The molecule has 0 saturated carbocycles. The van der Waals surface area contributed by atoms with Gasteiger partial charge in [-0.1, -0.05) is 100 Å². The number of ether oxygens (including phenoxy) is 5. The summed E-state index contributed by atoms with van der Waals surface area (Å²) in [7, 11) is 2.11. The molecule has 0 bridgehead atoms. The van der Waals surface area contributed by atoms with Crippen molar-refractivity contribution in [3.8, 4) is 0 Å². The van der Waals surface area contributed by atoms with Crippen LogP contribution in [-0.4, -0.2) is 107 Å². The Bertz CT molecular complexity index is 1260. The maximum Gasteiger partial charge on any atom is 0.307 e. The van der Waals surface area contributed by atoms with Crippen molar-refractivity contribution in [2.24, 2.45) is 17.8 Å². The Morgan fingerprint density at radius 1 is 0.547 bits per heavy atom. The number of piperazine rings is 1. The molecule has 1 rings (SSSR count). The minimum atomic E-state index is -0.505. The van der Waals surface area contributed by atoms with Crippen molar-refractivity contribution in [1.29, 1.82) is 0 Å². The average Bonchev–Trinajstić information content (AvgIpc) is 3.25. The smallest absolute Gasteiger partial charge is 0.307 e. The topological polar surface area (TPSA) is 104 Å². The van der Waals surface area contributed by atoms with Crippen molar-refractivity contribution >= 4 is 17.9 Å². The molecule has 1 fully saturated rings. The lowest BCUT2D eigenvalue weighted by Gasteiger charge is -2.32. The molecule has 1 aliphatic heterocycles. The summed E-state index contributed by atoms with van der Waals surface area (Å²) in [6.07, 6.45) is 32.7. The molecule has 370 valence electrons. The molecule has 0 amide bonds. The molecule has 1 heterocycles. The van der Waals surface area contributed by atoms with Crippen LogP contribution < -0.4 is 0 Å². The molecule has 1 aliphatic rings. The van der Waals surface area contributed by atoms with Gasteiger partial charge in [0.1, 0.15) is 19.8 Å². The summed E-state index contributed by atoms with van der Waals surface area (Å²) in [5, 5.41) is 0. The van der Waals surface area contributed by atoms with Gasteiger partial charge in [-0.3, -0.25) is 14.4 Å². The molecule has 3 unspecified atom stereocenters. The average molecular weight is 901 g/mol. The maximum atomic E-state index is 13.1. The van der Waals surface area contributed by atoms with E-state index in [0.717, 1.165) is 110 Å². The van der Waals surface area contributed by atoms with Gasteiger partial charge in [-0.05, 0) is 124 Å². The van der Waals surface area contributed by atoms with Crippen molar-refractivity contribution in [1.82, 2.24) is 9.80 Å². The lowest BCUT2D eigenvalue weighted by Crippen LogP contribution is -2.45. The van der Waals surface area contributed by atoms with E-state index in [4.69, 9.17) is 23.7 Å². The number of hydrogen-bond acceptors (Lipinski definition) is 10. The fourth-order valence-electron chi connectivity index (χ4n) is 7.25. The summed E-state index contributed by atoms with van der Waals surface area (Å²) in [6, 6.07) is 0. The van der Waals surface area contributed by atoms with E-state index in [1.807, 2.05) is 0 Å². The van der Waals surface area contributed by atoms with Gasteiger partial charge in [0.25, 0.3) is 0 Å². The molecular weight excluding hydrogens is 805 g/mol. The quantitative estimate of drug-likeness (QED) is 0.0194. The van der Waals surface area contributed by atoms with Crippen LogP contribution in [0.1, 0.15) is 183 Å². The van der Waals surface area contributed by atoms with Crippen LogP contribution in [0.25, 0.3) is 0 Å². The van der Waals surface area contributed by atoms with E-state index in [0.29, 0.717) is 44.4 Å². The zero-order valence-electron chi connectivity index (χ0n) is 42.4. The van der Waals surface area contributed by atoms with Gasteiger partial charge < -0.3 is 33.5 Å². The van der Waals surface area contributed by atoms with Crippen molar-refractivity contribution in [2.75, 3.05) is 72.8 Å². The highest BCUT2D eigenvalue weighted by molar-refractivity contribution is 5.70. The van der Waals surface area contributed by atoms with Crippen LogP contribution in [-0.2, 0) is 38.1 Å². The molecule has 10 nitrogen and oxygen atoms in total. The van der Waals surface area contributed by atoms with Crippen molar-refractivity contribution in [3.05, 3.63) is 47.6 Å². The summed E-state index contributed by atoms with van der Waals surface area (Å²) in [5.74, 6) is -0.397. The summed E-state index contributed by atoms with van der Waals surface area (Å²) in [5.41, 5.74) is 2.68. The highest BCUT2D eigenvalue weighted by atomic mass is 16.7. The van der Waals surface area contributed by atoms with Crippen LogP contribution in [0.3, 0.4) is 0 Å². The molecule has 0 aromatic heterocycles. The molecule has 0 aliphatic carbocycles. The number of likely N-dealkylation sites (N-methyl/N-ethyl adjacent to an activating group) is 1. The normalized spacial score (nSPS) is 15.5. The first kappa shape index (κ1) is 59.2. The highest BCUT2D eigenvalue weighted by Crippen LogP contribution is 2.17. The second-order valence-corrected chi connectivity index (χ2v) is 19.0. The van der Waals surface area contributed by atoms with Gasteiger partial charge in [-0.15, -0.1) is 0 Å². The van der Waals surface area contributed by atoms with Gasteiger partial charge in [0, 0.05) is 58.8 Å². The molecule has 0 radical (unpaired) electrons. The van der Waals surface area contributed by atoms with Gasteiger partial charge in [0.2, 0.25) is 0 Å². The van der Waals surface area contributed by atoms with Crippen LogP contribution >= 0.6 is 0 Å². The Kier molecular flexibility index (Phi) is 37.5. The number of carbonyl (C=O) groups is 3. The first-order valence-corrected chi connectivity index (χ1v) is 25.5.